The standard InChI is InChI=1S/C16H28N2O6/c1-9(2)5-11(7-14(20)21)15(22)17-8-13(19)18-12(16(23)24)6-10(3)4/h9-12H,5-8H2,1-4H3,(H,17,22)(H,18,19)(H,20,21)(H,23,24)/t11?,12-/m1/s1. The minimum atomic E-state index is -1.13. The number of nitrogens with one attached hydrogen (secondary N) is 2. The van der Waals surface area contributed by atoms with E-state index >= 15 is 0 Å². The van der Waals surface area contributed by atoms with Crippen molar-refractivity contribution in [3.05, 3.63) is 0 Å². The molecule has 0 aromatic carbocycles. The van der Waals surface area contributed by atoms with E-state index in [1.807, 2.05) is 27.7 Å². The van der Waals surface area contributed by atoms with Crippen LogP contribution in [-0.2, 0) is 19.2 Å². The average Bonchev–Trinajstić information content (AvgIpc) is 2.41. The number of carboxylic acid groups (broad SMARTS) is 2. The molecular weight excluding hydrogens is 316 g/mol. The highest BCUT2D eigenvalue weighted by atomic mass is 16.4. The molecule has 0 fully saturated rings. The fourth-order valence-electron chi connectivity index (χ4n) is 2.31. The Kier molecular flexibility index (Phi) is 9.68. The zero-order valence-electron chi connectivity index (χ0n) is 14.7. The van der Waals surface area contributed by atoms with Gasteiger partial charge in [-0.15, -0.1) is 0 Å². The Hall–Kier alpha value is -2.12. The Morgan fingerprint density at radius 2 is 1.46 bits per heavy atom. The zero-order valence-corrected chi connectivity index (χ0v) is 14.7. The molecule has 0 bridgehead atoms. The molecule has 0 spiro atoms. The Bertz CT molecular complexity index is 461. The van der Waals surface area contributed by atoms with Gasteiger partial charge in [0.2, 0.25) is 11.8 Å². The SMILES string of the molecule is CC(C)CC(CC(=O)O)C(=O)NCC(=O)N[C@H](CC(C)C)C(=O)O. The fourth-order valence-corrected chi connectivity index (χ4v) is 2.31. The maximum Gasteiger partial charge on any atom is 0.326 e. The minimum Gasteiger partial charge on any atom is -0.481 e. The lowest BCUT2D eigenvalue weighted by atomic mass is 9.93. The van der Waals surface area contributed by atoms with Crippen molar-refractivity contribution >= 4 is 23.8 Å². The van der Waals surface area contributed by atoms with Crippen LogP contribution in [0, 0.1) is 17.8 Å². The number of amides is 2. The second kappa shape index (κ2) is 10.6. The summed E-state index contributed by atoms with van der Waals surface area (Å²) in [5.41, 5.74) is 0. The largest absolute Gasteiger partial charge is 0.481 e. The van der Waals surface area contributed by atoms with Crippen LogP contribution >= 0.6 is 0 Å². The molecule has 0 radical (unpaired) electrons. The molecule has 0 aromatic rings. The molecule has 0 aliphatic carbocycles. The fraction of sp³-hybridized carbons (Fsp3) is 0.750. The lowest BCUT2D eigenvalue weighted by molar-refractivity contribution is -0.143. The summed E-state index contributed by atoms with van der Waals surface area (Å²) >= 11 is 0. The van der Waals surface area contributed by atoms with Crippen LogP contribution in [0.1, 0.15) is 47.0 Å². The van der Waals surface area contributed by atoms with Crippen molar-refractivity contribution in [2.75, 3.05) is 6.54 Å². The number of carbonyl (C=O) groups is 4. The van der Waals surface area contributed by atoms with Gasteiger partial charge in [0.1, 0.15) is 6.04 Å². The van der Waals surface area contributed by atoms with Crippen molar-refractivity contribution in [2.24, 2.45) is 17.8 Å². The third-order valence-electron chi connectivity index (χ3n) is 3.31. The molecule has 2 atom stereocenters. The average molecular weight is 344 g/mol. The van der Waals surface area contributed by atoms with Gasteiger partial charge >= 0.3 is 11.9 Å². The zero-order chi connectivity index (χ0) is 18.9. The third kappa shape index (κ3) is 9.81. The number of carboxylic acids is 2. The minimum absolute atomic E-state index is 0.0898. The molecular formula is C16H28N2O6. The van der Waals surface area contributed by atoms with Crippen molar-refractivity contribution in [3.8, 4) is 0 Å². The Morgan fingerprint density at radius 3 is 1.88 bits per heavy atom. The van der Waals surface area contributed by atoms with Gasteiger partial charge in [0, 0.05) is 5.92 Å². The molecule has 138 valence electrons. The summed E-state index contributed by atoms with van der Waals surface area (Å²) in [7, 11) is 0. The van der Waals surface area contributed by atoms with Crippen molar-refractivity contribution in [1.29, 1.82) is 0 Å². The van der Waals surface area contributed by atoms with Gasteiger partial charge in [-0.05, 0) is 24.7 Å². The molecule has 24 heavy (non-hydrogen) atoms. The summed E-state index contributed by atoms with van der Waals surface area (Å²) < 4.78 is 0. The normalized spacial score (nSPS) is 13.4. The molecule has 8 nitrogen and oxygen atoms in total. The molecule has 8 heteroatoms. The van der Waals surface area contributed by atoms with E-state index in [0.29, 0.717) is 6.42 Å². The van der Waals surface area contributed by atoms with Gasteiger partial charge in [-0.2, -0.15) is 0 Å². The second-order valence-corrected chi connectivity index (χ2v) is 6.73. The van der Waals surface area contributed by atoms with Crippen LogP contribution in [-0.4, -0.2) is 46.6 Å². The maximum atomic E-state index is 12.0. The second-order valence-electron chi connectivity index (χ2n) is 6.73. The summed E-state index contributed by atoms with van der Waals surface area (Å²) in [5.74, 6) is -3.84. The number of hydrogen-bond donors (Lipinski definition) is 4. The lowest BCUT2D eigenvalue weighted by Gasteiger charge is -2.19. The van der Waals surface area contributed by atoms with Crippen molar-refractivity contribution in [3.63, 3.8) is 0 Å². The molecule has 0 aliphatic rings. The van der Waals surface area contributed by atoms with Gasteiger partial charge in [-0.3, -0.25) is 14.4 Å². The molecule has 1 unspecified atom stereocenters. The van der Waals surface area contributed by atoms with Gasteiger partial charge in [-0.25, -0.2) is 4.79 Å². The van der Waals surface area contributed by atoms with Crippen molar-refractivity contribution < 1.29 is 29.4 Å². The van der Waals surface area contributed by atoms with E-state index in [2.05, 4.69) is 10.6 Å². The van der Waals surface area contributed by atoms with Crippen LogP contribution in [0.3, 0.4) is 0 Å². The predicted molar refractivity (Wildman–Crippen MR) is 87.2 cm³/mol. The molecule has 2 amide bonds. The smallest absolute Gasteiger partial charge is 0.326 e. The summed E-state index contributed by atoms with van der Waals surface area (Å²) in [5, 5.41) is 22.7. The van der Waals surface area contributed by atoms with Gasteiger partial charge < -0.3 is 20.8 Å². The predicted octanol–water partition coefficient (Wildman–Crippen LogP) is 0.855. The number of carbonyl (C=O) groups excluding carboxylic acids is 2. The summed E-state index contributed by atoms with van der Waals surface area (Å²) in [6, 6.07) is -1.01. The van der Waals surface area contributed by atoms with Crippen LogP contribution < -0.4 is 10.6 Å². The Balaban J connectivity index is 4.56. The first-order chi connectivity index (χ1) is 11.0. The molecule has 0 heterocycles. The van der Waals surface area contributed by atoms with E-state index in [0.717, 1.165) is 0 Å². The Labute approximate surface area is 142 Å². The maximum absolute atomic E-state index is 12.0. The van der Waals surface area contributed by atoms with E-state index in [1.54, 1.807) is 0 Å². The van der Waals surface area contributed by atoms with E-state index in [9.17, 15) is 19.2 Å². The molecule has 4 N–H and O–H groups in total. The molecule has 0 aromatic heterocycles. The number of rotatable bonds is 11. The first-order valence-corrected chi connectivity index (χ1v) is 8.04. The van der Waals surface area contributed by atoms with Gasteiger partial charge in [0.15, 0.2) is 0 Å². The highest BCUT2D eigenvalue weighted by Crippen LogP contribution is 2.15. The molecule has 0 rings (SSSR count). The lowest BCUT2D eigenvalue weighted by Crippen LogP contribution is -2.47. The van der Waals surface area contributed by atoms with Crippen LogP contribution in [0.25, 0.3) is 0 Å². The van der Waals surface area contributed by atoms with Crippen LogP contribution in [0.5, 0.6) is 0 Å². The molecule has 0 saturated carbocycles. The number of hydrogen-bond acceptors (Lipinski definition) is 4. The first kappa shape index (κ1) is 21.9. The summed E-state index contributed by atoms with van der Waals surface area (Å²) in [6.45, 7) is 7.05. The highest BCUT2D eigenvalue weighted by Gasteiger charge is 2.24. The van der Waals surface area contributed by atoms with E-state index in [-0.39, 0.29) is 31.2 Å². The summed E-state index contributed by atoms with van der Waals surface area (Å²) in [6.07, 6.45) is 0.367. The van der Waals surface area contributed by atoms with Crippen molar-refractivity contribution in [1.82, 2.24) is 10.6 Å². The van der Waals surface area contributed by atoms with Crippen LogP contribution in [0.4, 0.5) is 0 Å². The van der Waals surface area contributed by atoms with E-state index in [1.165, 1.54) is 0 Å². The van der Waals surface area contributed by atoms with Crippen LogP contribution in [0.15, 0.2) is 0 Å². The van der Waals surface area contributed by atoms with Gasteiger partial charge in [-0.1, -0.05) is 27.7 Å². The van der Waals surface area contributed by atoms with Crippen LogP contribution in [0.2, 0.25) is 0 Å². The molecule has 0 aliphatic heterocycles. The highest BCUT2D eigenvalue weighted by molar-refractivity contribution is 5.89. The molecule has 0 saturated heterocycles. The van der Waals surface area contributed by atoms with E-state index in [4.69, 9.17) is 10.2 Å². The number of aliphatic carboxylic acids is 2. The van der Waals surface area contributed by atoms with Crippen molar-refractivity contribution in [2.45, 2.75) is 53.0 Å². The first-order valence-electron chi connectivity index (χ1n) is 8.04. The Morgan fingerprint density at radius 1 is 0.917 bits per heavy atom. The topological polar surface area (TPSA) is 133 Å². The van der Waals surface area contributed by atoms with Gasteiger partial charge in [0.05, 0.1) is 13.0 Å². The summed E-state index contributed by atoms with van der Waals surface area (Å²) in [4.78, 5) is 45.8. The quantitative estimate of drug-likeness (QED) is 0.439. The van der Waals surface area contributed by atoms with Gasteiger partial charge in [0.25, 0.3) is 0 Å². The third-order valence-corrected chi connectivity index (χ3v) is 3.31. The monoisotopic (exact) mass is 344 g/mol. The van der Waals surface area contributed by atoms with E-state index < -0.39 is 35.7 Å².